The number of hydrogen-bond acceptors (Lipinski definition) is 7. The van der Waals surface area contributed by atoms with E-state index < -0.39 is 17.9 Å². The predicted octanol–water partition coefficient (Wildman–Crippen LogP) is 2.76. The first-order valence-corrected chi connectivity index (χ1v) is 7.52. The number of carbonyl (C=O) groups is 1. The zero-order valence-corrected chi connectivity index (χ0v) is 13.5. The molecule has 2 aromatic rings. The molecule has 7 heteroatoms. The van der Waals surface area contributed by atoms with Crippen LogP contribution >= 0.6 is 0 Å². The quantitative estimate of drug-likeness (QED) is 0.272. The summed E-state index contributed by atoms with van der Waals surface area (Å²) in [7, 11) is 0. The Bertz CT molecular complexity index is 828. The zero-order chi connectivity index (χ0) is 18.8. The van der Waals surface area contributed by atoms with Crippen LogP contribution in [0.4, 0.5) is 0 Å². The Morgan fingerprint density at radius 1 is 0.962 bits per heavy atom. The lowest BCUT2D eigenvalue weighted by atomic mass is 9.82. The molecule has 7 nitrogen and oxygen atoms in total. The number of rotatable bonds is 7. The largest absolute Gasteiger partial charge is 0.372 e. The second-order valence-corrected chi connectivity index (χ2v) is 5.15. The first-order valence-electron chi connectivity index (χ1n) is 7.52. The van der Waals surface area contributed by atoms with Crippen molar-refractivity contribution in [1.29, 1.82) is 0 Å². The predicted molar refractivity (Wildman–Crippen MR) is 91.6 cm³/mol. The highest BCUT2D eigenvalue weighted by atomic mass is 17.1. The number of nitrogens with zero attached hydrogens (tertiary/aromatic N) is 2. The van der Waals surface area contributed by atoms with Gasteiger partial charge in [0.05, 0.1) is 11.8 Å². The van der Waals surface area contributed by atoms with Crippen LogP contribution in [-0.4, -0.2) is 29.4 Å². The number of benzene rings is 2. The van der Waals surface area contributed by atoms with Crippen LogP contribution in [0.15, 0.2) is 82.4 Å². The van der Waals surface area contributed by atoms with E-state index in [1.807, 2.05) is 12.1 Å². The highest BCUT2D eigenvalue weighted by Crippen LogP contribution is 2.33. The van der Waals surface area contributed by atoms with Gasteiger partial charge in [-0.1, -0.05) is 60.7 Å². The fraction of sp³-hybridized carbons (Fsp3) is 0.105. The van der Waals surface area contributed by atoms with Gasteiger partial charge in [-0.2, -0.15) is 15.2 Å². The molecule has 0 aliphatic carbocycles. The van der Waals surface area contributed by atoms with E-state index >= 15 is 0 Å². The van der Waals surface area contributed by atoms with Crippen LogP contribution in [0, 0.1) is 0 Å². The van der Waals surface area contributed by atoms with Gasteiger partial charge in [-0.25, -0.2) is 14.4 Å². The Morgan fingerprint density at radius 2 is 1.50 bits per heavy atom. The van der Waals surface area contributed by atoms with Crippen LogP contribution in [0.25, 0.3) is 0 Å². The molecule has 0 heterocycles. The molecule has 0 amide bonds. The van der Waals surface area contributed by atoms with Gasteiger partial charge in [0, 0.05) is 5.92 Å². The smallest absolute Gasteiger partial charge is 0.296 e. The second kappa shape index (κ2) is 9.61. The molecule has 0 spiro atoms. The molecule has 1 N–H and O–H groups in total. The van der Waals surface area contributed by atoms with Crippen molar-refractivity contribution in [2.24, 2.45) is 9.98 Å². The molecule has 2 rings (SSSR count). The lowest BCUT2D eigenvalue weighted by molar-refractivity contribution is -0.229. The van der Waals surface area contributed by atoms with Crippen LogP contribution in [0.1, 0.15) is 17.0 Å². The van der Waals surface area contributed by atoms with Gasteiger partial charge >= 0.3 is 5.97 Å². The molecule has 0 bridgehead atoms. The van der Waals surface area contributed by atoms with Crippen molar-refractivity contribution in [1.82, 2.24) is 0 Å². The van der Waals surface area contributed by atoms with Crippen molar-refractivity contribution in [2.45, 2.75) is 12.0 Å². The number of isocyanates is 2. The van der Waals surface area contributed by atoms with Crippen LogP contribution in [-0.2, 0) is 19.3 Å². The SMILES string of the molecule is O=C=N/C=C(\C(=O)OO)C(N=C=O)C(c1ccccc1)c1ccccc1. The van der Waals surface area contributed by atoms with E-state index in [4.69, 9.17) is 5.26 Å². The molecule has 0 radical (unpaired) electrons. The van der Waals surface area contributed by atoms with E-state index in [0.29, 0.717) is 0 Å². The maximum Gasteiger partial charge on any atom is 0.372 e. The Hall–Kier alpha value is -3.63. The van der Waals surface area contributed by atoms with Crippen molar-refractivity contribution < 1.29 is 24.5 Å². The van der Waals surface area contributed by atoms with Crippen LogP contribution in [0.5, 0.6) is 0 Å². The van der Waals surface area contributed by atoms with Gasteiger partial charge in [0.15, 0.2) is 0 Å². The van der Waals surface area contributed by atoms with Gasteiger partial charge in [-0.15, -0.1) is 0 Å². The maximum absolute atomic E-state index is 12.0. The molecule has 0 saturated heterocycles. The lowest BCUT2D eigenvalue weighted by Gasteiger charge is -2.24. The van der Waals surface area contributed by atoms with Gasteiger partial charge in [0.25, 0.3) is 0 Å². The summed E-state index contributed by atoms with van der Waals surface area (Å²) in [5.74, 6) is -1.78. The minimum atomic E-state index is -1.19. The van der Waals surface area contributed by atoms with Gasteiger partial charge < -0.3 is 0 Å². The summed E-state index contributed by atoms with van der Waals surface area (Å²) in [5.41, 5.74) is 1.20. The summed E-state index contributed by atoms with van der Waals surface area (Å²) in [6.45, 7) is 0. The average molecular weight is 350 g/mol. The third kappa shape index (κ3) is 4.47. The summed E-state index contributed by atoms with van der Waals surface area (Å²) in [5, 5.41) is 8.77. The topological polar surface area (TPSA) is 105 Å². The summed E-state index contributed by atoms with van der Waals surface area (Å²) in [4.78, 5) is 44.2. The molecule has 0 saturated carbocycles. The minimum absolute atomic E-state index is 0.295. The highest BCUT2D eigenvalue weighted by Gasteiger charge is 2.33. The minimum Gasteiger partial charge on any atom is -0.296 e. The Balaban J connectivity index is 2.69. The summed E-state index contributed by atoms with van der Waals surface area (Å²) < 4.78 is 0. The van der Waals surface area contributed by atoms with E-state index in [9.17, 15) is 14.4 Å². The van der Waals surface area contributed by atoms with E-state index in [2.05, 4.69) is 14.9 Å². The first-order chi connectivity index (χ1) is 12.7. The fourth-order valence-corrected chi connectivity index (χ4v) is 2.66. The van der Waals surface area contributed by atoms with Gasteiger partial charge in [-0.3, -0.25) is 4.89 Å². The van der Waals surface area contributed by atoms with Crippen molar-refractivity contribution in [2.75, 3.05) is 0 Å². The summed E-state index contributed by atoms with van der Waals surface area (Å²) in [6, 6.07) is 16.9. The van der Waals surface area contributed by atoms with Crippen LogP contribution < -0.4 is 0 Å². The normalized spacial score (nSPS) is 11.8. The highest BCUT2D eigenvalue weighted by molar-refractivity contribution is 5.90. The zero-order valence-electron chi connectivity index (χ0n) is 13.5. The van der Waals surface area contributed by atoms with Gasteiger partial charge in [0.1, 0.15) is 6.04 Å². The standard InChI is InChI=1S/C19H14N2O5/c22-12-20-11-16(19(24)26-25)18(21-13-23)17(14-7-3-1-4-8-14)15-9-5-2-6-10-15/h1-11,17-18,25H/b16-11-. The van der Waals surface area contributed by atoms with Crippen LogP contribution in [0.2, 0.25) is 0 Å². The van der Waals surface area contributed by atoms with E-state index in [-0.39, 0.29) is 5.57 Å². The molecular formula is C19H14N2O5. The molecule has 1 atom stereocenters. The monoisotopic (exact) mass is 350 g/mol. The molecule has 2 aromatic carbocycles. The first kappa shape index (κ1) is 18.7. The molecule has 0 aromatic heterocycles. The molecule has 0 aliphatic heterocycles. The van der Waals surface area contributed by atoms with Crippen LogP contribution in [0.3, 0.4) is 0 Å². The van der Waals surface area contributed by atoms with Gasteiger partial charge in [0.2, 0.25) is 12.2 Å². The molecule has 26 heavy (non-hydrogen) atoms. The van der Waals surface area contributed by atoms with E-state index in [1.54, 1.807) is 48.5 Å². The molecule has 0 aliphatic rings. The third-order valence-corrected chi connectivity index (χ3v) is 3.72. The maximum atomic E-state index is 12.0. The fourth-order valence-electron chi connectivity index (χ4n) is 2.66. The van der Waals surface area contributed by atoms with Crippen molar-refractivity contribution in [3.05, 3.63) is 83.6 Å². The Morgan fingerprint density at radius 3 is 1.92 bits per heavy atom. The van der Waals surface area contributed by atoms with Gasteiger partial charge in [-0.05, 0) is 11.1 Å². The third-order valence-electron chi connectivity index (χ3n) is 3.72. The number of carbonyl (C=O) groups excluding carboxylic acids is 3. The Kier molecular flexibility index (Phi) is 6.92. The molecule has 0 fully saturated rings. The number of aliphatic imine (C=N–C) groups is 2. The van der Waals surface area contributed by atoms with E-state index in [1.165, 1.54) is 12.2 Å². The summed E-state index contributed by atoms with van der Waals surface area (Å²) >= 11 is 0. The Labute approximate surface area is 148 Å². The van der Waals surface area contributed by atoms with Crippen molar-refractivity contribution >= 4 is 18.1 Å². The molecule has 1 unspecified atom stereocenters. The molecule has 130 valence electrons. The summed E-state index contributed by atoms with van der Waals surface area (Å²) in [6.07, 6.45) is 3.55. The van der Waals surface area contributed by atoms with Crippen molar-refractivity contribution in [3.8, 4) is 0 Å². The second-order valence-electron chi connectivity index (χ2n) is 5.15. The average Bonchev–Trinajstić information content (AvgIpc) is 2.70. The lowest BCUT2D eigenvalue weighted by Crippen LogP contribution is -2.26. The van der Waals surface area contributed by atoms with Crippen molar-refractivity contribution in [3.63, 3.8) is 0 Å². The number of hydrogen-bond donors (Lipinski definition) is 1. The molecular weight excluding hydrogens is 336 g/mol. The van der Waals surface area contributed by atoms with E-state index in [0.717, 1.165) is 17.3 Å².